The molecule has 24 heavy (non-hydrogen) atoms. The lowest BCUT2D eigenvalue weighted by Gasteiger charge is -2.18. The van der Waals surface area contributed by atoms with E-state index < -0.39 is 12.1 Å². The molecule has 0 amide bonds. The summed E-state index contributed by atoms with van der Waals surface area (Å²) in [5.74, 6) is -0.344. The fourth-order valence-corrected chi connectivity index (χ4v) is 2.93. The van der Waals surface area contributed by atoms with Gasteiger partial charge in [-0.2, -0.15) is 0 Å². The number of rotatable bonds is 6. The van der Waals surface area contributed by atoms with Crippen molar-refractivity contribution in [2.45, 2.75) is 25.9 Å². The van der Waals surface area contributed by atoms with Crippen molar-refractivity contribution in [1.82, 2.24) is 0 Å². The average Bonchev–Trinajstić information content (AvgIpc) is 2.61. The fraction of sp³-hybridized carbons (Fsp3) is 0.190. The van der Waals surface area contributed by atoms with Gasteiger partial charge in [0.15, 0.2) is 6.10 Å². The monoisotopic (exact) mass is 320 g/mol. The van der Waals surface area contributed by atoms with Gasteiger partial charge >= 0.3 is 5.97 Å². The summed E-state index contributed by atoms with van der Waals surface area (Å²) in [7, 11) is 0. The molecule has 0 spiro atoms. The second kappa shape index (κ2) is 7.18. The number of aliphatic carboxylic acids is 1. The average molecular weight is 320 g/mol. The van der Waals surface area contributed by atoms with Crippen LogP contribution < -0.4 is 4.74 Å². The first kappa shape index (κ1) is 16.1. The molecule has 0 radical (unpaired) electrons. The molecule has 0 aliphatic rings. The van der Waals surface area contributed by atoms with E-state index in [1.54, 1.807) is 0 Å². The Hall–Kier alpha value is -2.81. The third-order valence-electron chi connectivity index (χ3n) is 4.20. The number of hydrogen-bond donors (Lipinski definition) is 1. The molecule has 0 saturated carbocycles. The summed E-state index contributed by atoms with van der Waals surface area (Å²) in [6.07, 6.45) is 0.308. The standard InChI is InChI=1S/C21H20O3/c1-2-15-8-3-4-10-17(15)14-20(21(22)23)24-19-13-7-11-16-9-5-6-12-18(16)19/h3-13,20H,2,14H2,1H3,(H,22,23)/t20-/m1/s1. The van der Waals surface area contributed by atoms with Gasteiger partial charge in [0.1, 0.15) is 5.75 Å². The van der Waals surface area contributed by atoms with Crippen molar-refractivity contribution in [3.05, 3.63) is 77.9 Å². The summed E-state index contributed by atoms with van der Waals surface area (Å²) in [4.78, 5) is 11.7. The Morgan fingerprint density at radius 1 is 0.958 bits per heavy atom. The summed E-state index contributed by atoms with van der Waals surface area (Å²) >= 11 is 0. The first-order valence-corrected chi connectivity index (χ1v) is 8.13. The van der Waals surface area contributed by atoms with E-state index in [2.05, 4.69) is 6.92 Å². The van der Waals surface area contributed by atoms with Crippen molar-refractivity contribution in [1.29, 1.82) is 0 Å². The maximum absolute atomic E-state index is 11.7. The highest BCUT2D eigenvalue weighted by molar-refractivity contribution is 5.88. The quantitative estimate of drug-likeness (QED) is 0.728. The van der Waals surface area contributed by atoms with Gasteiger partial charge in [-0.05, 0) is 29.0 Å². The van der Waals surface area contributed by atoms with Gasteiger partial charge in [0.05, 0.1) is 0 Å². The van der Waals surface area contributed by atoms with Crippen molar-refractivity contribution >= 4 is 16.7 Å². The molecule has 0 bridgehead atoms. The molecule has 0 unspecified atom stereocenters. The molecule has 3 aromatic rings. The van der Waals surface area contributed by atoms with Crippen LogP contribution in [0.1, 0.15) is 18.1 Å². The van der Waals surface area contributed by atoms with Crippen molar-refractivity contribution in [3.8, 4) is 5.75 Å². The van der Waals surface area contributed by atoms with Gasteiger partial charge in [0.25, 0.3) is 0 Å². The highest BCUT2D eigenvalue weighted by Gasteiger charge is 2.22. The van der Waals surface area contributed by atoms with Crippen LogP contribution >= 0.6 is 0 Å². The Balaban J connectivity index is 1.90. The molecular weight excluding hydrogens is 300 g/mol. The molecule has 122 valence electrons. The second-order valence-electron chi connectivity index (χ2n) is 5.75. The molecule has 0 heterocycles. The summed E-state index contributed by atoms with van der Waals surface area (Å²) < 4.78 is 5.89. The molecule has 3 rings (SSSR count). The van der Waals surface area contributed by atoms with Gasteiger partial charge in [-0.3, -0.25) is 0 Å². The van der Waals surface area contributed by atoms with Crippen LogP contribution in [-0.4, -0.2) is 17.2 Å². The van der Waals surface area contributed by atoms with Gasteiger partial charge in [-0.25, -0.2) is 4.79 Å². The van der Waals surface area contributed by atoms with E-state index in [9.17, 15) is 9.90 Å². The van der Waals surface area contributed by atoms with Crippen LogP contribution in [0.5, 0.6) is 5.75 Å². The van der Waals surface area contributed by atoms with Gasteiger partial charge in [0, 0.05) is 11.8 Å². The van der Waals surface area contributed by atoms with Crippen LogP contribution in [0.4, 0.5) is 0 Å². The lowest BCUT2D eigenvalue weighted by molar-refractivity contribution is -0.144. The fourth-order valence-electron chi connectivity index (χ4n) is 2.93. The van der Waals surface area contributed by atoms with Crippen LogP contribution in [0.25, 0.3) is 10.8 Å². The highest BCUT2D eigenvalue weighted by atomic mass is 16.5. The number of aryl methyl sites for hydroxylation is 1. The minimum atomic E-state index is -0.950. The predicted molar refractivity (Wildman–Crippen MR) is 95.5 cm³/mol. The molecule has 1 N–H and O–H groups in total. The summed E-state index contributed by atoms with van der Waals surface area (Å²) in [6, 6.07) is 21.4. The highest BCUT2D eigenvalue weighted by Crippen LogP contribution is 2.27. The minimum Gasteiger partial charge on any atom is -0.478 e. The Kier molecular flexibility index (Phi) is 4.80. The van der Waals surface area contributed by atoms with Crippen LogP contribution in [0.2, 0.25) is 0 Å². The van der Waals surface area contributed by atoms with Crippen molar-refractivity contribution in [2.24, 2.45) is 0 Å². The minimum absolute atomic E-state index is 0.350. The first-order valence-electron chi connectivity index (χ1n) is 8.13. The summed E-state index contributed by atoms with van der Waals surface area (Å²) in [6.45, 7) is 2.07. The third kappa shape index (κ3) is 3.40. The number of fused-ring (bicyclic) bond motifs is 1. The van der Waals surface area contributed by atoms with Gasteiger partial charge in [-0.1, -0.05) is 67.6 Å². The zero-order chi connectivity index (χ0) is 16.9. The summed E-state index contributed by atoms with van der Waals surface area (Å²) in [5.41, 5.74) is 2.18. The van der Waals surface area contributed by atoms with Gasteiger partial charge < -0.3 is 9.84 Å². The van der Waals surface area contributed by atoms with E-state index in [0.29, 0.717) is 12.2 Å². The largest absolute Gasteiger partial charge is 0.478 e. The molecule has 3 aromatic carbocycles. The summed E-state index contributed by atoms with van der Waals surface area (Å²) in [5, 5.41) is 11.6. The zero-order valence-corrected chi connectivity index (χ0v) is 13.6. The number of benzene rings is 3. The van der Waals surface area contributed by atoms with Crippen LogP contribution in [0.15, 0.2) is 66.7 Å². The van der Waals surface area contributed by atoms with Crippen molar-refractivity contribution < 1.29 is 14.6 Å². The molecular formula is C21H20O3. The zero-order valence-electron chi connectivity index (χ0n) is 13.6. The van der Waals surface area contributed by atoms with Crippen LogP contribution in [-0.2, 0) is 17.6 Å². The molecule has 3 heteroatoms. The maximum atomic E-state index is 11.7. The van der Waals surface area contributed by atoms with E-state index in [1.165, 1.54) is 0 Å². The smallest absolute Gasteiger partial charge is 0.345 e. The molecule has 0 aliphatic heterocycles. The molecule has 3 nitrogen and oxygen atoms in total. The SMILES string of the molecule is CCc1ccccc1C[C@@H](Oc1cccc2ccccc12)C(=O)O. The topological polar surface area (TPSA) is 46.5 Å². The van der Waals surface area contributed by atoms with E-state index in [-0.39, 0.29) is 0 Å². The Bertz CT molecular complexity index is 849. The van der Waals surface area contributed by atoms with Crippen LogP contribution in [0, 0.1) is 0 Å². The molecule has 0 saturated heterocycles. The lowest BCUT2D eigenvalue weighted by Crippen LogP contribution is -2.29. The number of carbonyl (C=O) groups is 1. The molecule has 1 atom stereocenters. The maximum Gasteiger partial charge on any atom is 0.345 e. The van der Waals surface area contributed by atoms with E-state index in [1.807, 2.05) is 66.7 Å². The van der Waals surface area contributed by atoms with E-state index >= 15 is 0 Å². The number of hydrogen-bond acceptors (Lipinski definition) is 2. The third-order valence-corrected chi connectivity index (χ3v) is 4.20. The first-order chi connectivity index (χ1) is 11.7. The Morgan fingerprint density at radius 2 is 1.62 bits per heavy atom. The lowest BCUT2D eigenvalue weighted by atomic mass is 9.99. The normalized spacial score (nSPS) is 12.0. The van der Waals surface area contributed by atoms with Crippen molar-refractivity contribution in [3.63, 3.8) is 0 Å². The van der Waals surface area contributed by atoms with E-state index in [0.717, 1.165) is 28.3 Å². The molecule has 0 aliphatic carbocycles. The number of carboxylic acids is 1. The van der Waals surface area contributed by atoms with Crippen molar-refractivity contribution in [2.75, 3.05) is 0 Å². The van der Waals surface area contributed by atoms with Gasteiger partial charge in [0.2, 0.25) is 0 Å². The second-order valence-corrected chi connectivity index (χ2v) is 5.75. The Labute approximate surface area is 141 Å². The Morgan fingerprint density at radius 3 is 2.38 bits per heavy atom. The molecule has 0 aromatic heterocycles. The van der Waals surface area contributed by atoms with Gasteiger partial charge in [-0.15, -0.1) is 0 Å². The number of ether oxygens (including phenoxy) is 1. The number of carboxylic acid groups (broad SMARTS) is 1. The predicted octanol–water partition coefficient (Wildman–Crippen LogP) is 4.48. The molecule has 0 fully saturated rings. The van der Waals surface area contributed by atoms with Crippen LogP contribution in [0.3, 0.4) is 0 Å². The van der Waals surface area contributed by atoms with E-state index in [4.69, 9.17) is 4.74 Å².